The second-order valence-electron chi connectivity index (χ2n) is 11.2. The number of nitrogens with one attached hydrogen (secondary N) is 2. The Hall–Kier alpha value is -5.96. The highest BCUT2D eigenvalue weighted by Crippen LogP contribution is 2.63. The van der Waals surface area contributed by atoms with Crippen molar-refractivity contribution < 1.29 is 28.4 Å². The van der Waals surface area contributed by atoms with Gasteiger partial charge in [0.15, 0.2) is 11.2 Å². The molecule has 7 rings (SSSR count). The zero-order chi connectivity index (χ0) is 31.8. The van der Waals surface area contributed by atoms with Crippen molar-refractivity contribution >= 4 is 29.5 Å². The van der Waals surface area contributed by atoms with E-state index in [4.69, 9.17) is 14.0 Å². The van der Waals surface area contributed by atoms with Crippen molar-refractivity contribution in [2.45, 2.75) is 11.8 Å². The summed E-state index contributed by atoms with van der Waals surface area (Å²) in [6.07, 6.45) is 1.92. The van der Waals surface area contributed by atoms with Gasteiger partial charge in [0.25, 0.3) is 0 Å². The maximum absolute atomic E-state index is 14.7. The Labute approximate surface area is 264 Å². The molecule has 1 saturated heterocycles. The first kappa shape index (κ1) is 28.8. The second-order valence-corrected chi connectivity index (χ2v) is 11.2. The zero-order valence-corrected chi connectivity index (χ0v) is 25.0. The lowest BCUT2D eigenvalue weighted by molar-refractivity contribution is -0.146. The van der Waals surface area contributed by atoms with Crippen LogP contribution in [0.5, 0.6) is 11.5 Å². The number of urea groups is 1. The molecule has 1 aromatic heterocycles. The summed E-state index contributed by atoms with van der Waals surface area (Å²) in [6, 6.07) is 32.6. The minimum absolute atomic E-state index is 0.417. The lowest BCUT2D eigenvalue weighted by atomic mass is 9.52. The average molecular weight is 612 g/mol. The summed E-state index contributed by atoms with van der Waals surface area (Å²) in [5, 5.41) is 9.54. The van der Waals surface area contributed by atoms with Crippen molar-refractivity contribution in [2.75, 3.05) is 14.2 Å². The van der Waals surface area contributed by atoms with Crippen LogP contribution in [0, 0.1) is 5.41 Å². The Morgan fingerprint density at radius 2 is 1.22 bits per heavy atom. The molecule has 1 spiro atoms. The number of hydrogen-bond acceptors (Lipinski definition) is 7. The van der Waals surface area contributed by atoms with E-state index in [0.717, 1.165) is 11.1 Å². The zero-order valence-electron chi connectivity index (χ0n) is 25.0. The summed E-state index contributed by atoms with van der Waals surface area (Å²) >= 11 is 0. The molecule has 2 aliphatic rings. The molecule has 9 nitrogen and oxygen atoms in total. The molecule has 2 heterocycles. The molecule has 4 aromatic carbocycles. The van der Waals surface area contributed by atoms with Crippen molar-refractivity contribution in [3.05, 3.63) is 137 Å². The van der Waals surface area contributed by atoms with Crippen LogP contribution in [0.4, 0.5) is 4.79 Å². The first-order valence-electron chi connectivity index (χ1n) is 14.7. The minimum Gasteiger partial charge on any atom is -0.497 e. The number of aromatic nitrogens is 1. The number of ether oxygens (including phenoxy) is 2. The van der Waals surface area contributed by atoms with E-state index in [0.29, 0.717) is 45.2 Å². The number of hydrogen-bond donors (Lipinski definition) is 2. The SMILES string of the molecule is COc1ccc(C2/C(=C/c3ccccc3)c3noc(-c4ccccc4)c3C(c3ccc(OC)cc3)C23C(=O)NC(=O)NC3=O)cc1. The van der Waals surface area contributed by atoms with Crippen LogP contribution in [-0.2, 0) is 9.59 Å². The molecule has 1 fully saturated rings. The van der Waals surface area contributed by atoms with Gasteiger partial charge in [-0.2, -0.15) is 0 Å². The summed E-state index contributed by atoms with van der Waals surface area (Å²) in [5.74, 6) is -1.69. The van der Waals surface area contributed by atoms with E-state index in [1.807, 2.05) is 91.0 Å². The molecular formula is C37H29N3O6. The van der Waals surface area contributed by atoms with Crippen molar-refractivity contribution in [3.63, 3.8) is 0 Å². The van der Waals surface area contributed by atoms with E-state index in [1.54, 1.807) is 38.5 Å². The fraction of sp³-hybridized carbons (Fsp3) is 0.135. The third-order valence-corrected chi connectivity index (χ3v) is 8.77. The van der Waals surface area contributed by atoms with Crippen molar-refractivity contribution in [1.82, 2.24) is 15.8 Å². The van der Waals surface area contributed by atoms with Gasteiger partial charge >= 0.3 is 6.03 Å². The molecule has 2 N–H and O–H groups in total. The molecule has 1 aliphatic heterocycles. The topological polar surface area (TPSA) is 120 Å². The van der Waals surface area contributed by atoms with Crippen molar-refractivity contribution in [2.24, 2.45) is 5.41 Å². The predicted molar refractivity (Wildman–Crippen MR) is 171 cm³/mol. The number of amides is 4. The lowest BCUT2D eigenvalue weighted by Gasteiger charge is -2.49. The molecule has 0 saturated carbocycles. The van der Waals surface area contributed by atoms with E-state index < -0.39 is 35.1 Å². The van der Waals surface area contributed by atoms with Gasteiger partial charge in [0, 0.05) is 23.0 Å². The largest absolute Gasteiger partial charge is 0.497 e. The van der Waals surface area contributed by atoms with Gasteiger partial charge in [-0.1, -0.05) is 90.1 Å². The number of carbonyl (C=O) groups excluding carboxylic acids is 3. The molecule has 0 bridgehead atoms. The molecule has 0 radical (unpaired) electrons. The number of methoxy groups -OCH3 is 2. The first-order chi connectivity index (χ1) is 22.4. The Balaban J connectivity index is 1.63. The third-order valence-electron chi connectivity index (χ3n) is 8.77. The summed E-state index contributed by atoms with van der Waals surface area (Å²) < 4.78 is 17.0. The van der Waals surface area contributed by atoms with Crippen LogP contribution in [0.2, 0.25) is 0 Å². The molecule has 46 heavy (non-hydrogen) atoms. The fourth-order valence-electron chi connectivity index (χ4n) is 6.76. The maximum Gasteiger partial charge on any atom is 0.328 e. The van der Waals surface area contributed by atoms with Crippen molar-refractivity contribution in [3.8, 4) is 22.8 Å². The molecule has 2 unspecified atom stereocenters. The van der Waals surface area contributed by atoms with Gasteiger partial charge in [-0.25, -0.2) is 4.79 Å². The van der Waals surface area contributed by atoms with Crippen LogP contribution >= 0.6 is 0 Å². The number of allylic oxidation sites excluding steroid dienone is 1. The van der Waals surface area contributed by atoms with Gasteiger partial charge in [0.2, 0.25) is 11.8 Å². The summed E-state index contributed by atoms with van der Waals surface area (Å²) in [5.41, 5.74) is 2.59. The minimum atomic E-state index is -1.90. The number of nitrogens with zero attached hydrogens (tertiary/aromatic N) is 1. The molecule has 9 heteroatoms. The predicted octanol–water partition coefficient (Wildman–Crippen LogP) is 6.18. The van der Waals surface area contributed by atoms with Crippen LogP contribution in [-0.4, -0.2) is 37.2 Å². The normalized spacial score (nSPS) is 19.3. The van der Waals surface area contributed by atoms with E-state index in [9.17, 15) is 14.4 Å². The Morgan fingerprint density at radius 1 is 0.696 bits per heavy atom. The highest BCUT2D eigenvalue weighted by Gasteiger charge is 2.66. The van der Waals surface area contributed by atoms with Gasteiger partial charge in [0.1, 0.15) is 17.2 Å². The molecule has 228 valence electrons. The van der Waals surface area contributed by atoms with E-state index in [1.165, 1.54) is 0 Å². The summed E-state index contributed by atoms with van der Waals surface area (Å²) in [7, 11) is 3.13. The van der Waals surface area contributed by atoms with Gasteiger partial charge in [-0.05, 0) is 52.6 Å². The molecular weight excluding hydrogens is 582 g/mol. The molecule has 5 aromatic rings. The Bertz CT molecular complexity index is 1950. The smallest absolute Gasteiger partial charge is 0.328 e. The van der Waals surface area contributed by atoms with Gasteiger partial charge in [-0.3, -0.25) is 20.2 Å². The Morgan fingerprint density at radius 3 is 1.76 bits per heavy atom. The summed E-state index contributed by atoms with van der Waals surface area (Å²) in [4.78, 5) is 42.0. The fourth-order valence-corrected chi connectivity index (χ4v) is 6.76. The number of rotatable bonds is 6. The van der Waals surface area contributed by atoms with E-state index >= 15 is 0 Å². The molecule has 1 aliphatic carbocycles. The van der Waals surface area contributed by atoms with Gasteiger partial charge < -0.3 is 14.0 Å². The van der Waals surface area contributed by atoms with Gasteiger partial charge in [0.05, 0.1) is 14.2 Å². The highest BCUT2D eigenvalue weighted by atomic mass is 16.5. The van der Waals surface area contributed by atoms with E-state index in [-0.39, 0.29) is 0 Å². The average Bonchev–Trinajstić information content (AvgIpc) is 3.53. The van der Waals surface area contributed by atoms with Crippen LogP contribution in [0.15, 0.2) is 114 Å². The van der Waals surface area contributed by atoms with Gasteiger partial charge in [-0.15, -0.1) is 0 Å². The maximum atomic E-state index is 14.7. The van der Waals surface area contributed by atoms with Crippen LogP contribution in [0.1, 0.15) is 39.8 Å². The van der Waals surface area contributed by atoms with Crippen LogP contribution in [0.3, 0.4) is 0 Å². The number of imide groups is 2. The monoisotopic (exact) mass is 611 g/mol. The highest BCUT2D eigenvalue weighted by molar-refractivity contribution is 6.23. The summed E-state index contributed by atoms with van der Waals surface area (Å²) in [6.45, 7) is 0. The number of carbonyl (C=O) groups is 3. The quantitative estimate of drug-likeness (QED) is 0.220. The molecule has 4 amide bonds. The first-order valence-corrected chi connectivity index (χ1v) is 14.7. The Kier molecular flexibility index (Phi) is 7.21. The number of benzene rings is 4. The van der Waals surface area contributed by atoms with Crippen molar-refractivity contribution in [1.29, 1.82) is 0 Å². The second kappa shape index (κ2) is 11.5. The lowest BCUT2D eigenvalue weighted by Crippen LogP contribution is -2.67. The standard InChI is InChI=1S/C37H29N3O6/c1-44-26-17-13-23(14-18-26)30-28(21-22-9-5-3-6-10-22)32-29(33(46-40-32)25-11-7-4-8-12-25)31(24-15-19-27(45-2)20-16-24)37(30)34(41)38-36(43)39-35(37)42/h3-21,30-31H,1-2H3,(H2,38,39,41,42,43)/b28-21-. The molecule has 2 atom stereocenters. The van der Waals surface area contributed by atoms with Crippen LogP contribution in [0.25, 0.3) is 23.0 Å². The van der Waals surface area contributed by atoms with E-state index in [2.05, 4.69) is 15.8 Å². The third kappa shape index (κ3) is 4.56. The number of barbiturate groups is 1. The number of fused-ring (bicyclic) bond motifs is 1. The van der Waals surface area contributed by atoms with Crippen LogP contribution < -0.4 is 20.1 Å².